The van der Waals surface area contributed by atoms with Gasteiger partial charge in [-0.3, -0.25) is 9.48 Å². The first-order valence-electron chi connectivity index (χ1n) is 8.91. The summed E-state index contributed by atoms with van der Waals surface area (Å²) in [5.74, 6) is -0.314. The van der Waals surface area contributed by atoms with Crippen LogP contribution in [0.5, 0.6) is 0 Å². The van der Waals surface area contributed by atoms with E-state index < -0.39 is 0 Å². The highest BCUT2D eigenvalue weighted by Gasteiger charge is 2.24. The fourth-order valence-electron chi connectivity index (χ4n) is 3.55. The summed E-state index contributed by atoms with van der Waals surface area (Å²) in [6, 6.07) is 14.2. The van der Waals surface area contributed by atoms with E-state index in [1.165, 1.54) is 5.39 Å². The lowest BCUT2D eigenvalue weighted by Crippen LogP contribution is -2.36. The maximum absolute atomic E-state index is 12.9. The third-order valence-electron chi connectivity index (χ3n) is 5.12. The molecule has 0 saturated heterocycles. The van der Waals surface area contributed by atoms with Crippen LogP contribution < -0.4 is 11.1 Å². The molecule has 3 aromatic rings. The fraction of sp³-hybridized carbons (Fsp3) is 0.333. The number of carbonyl (C=O) groups excluding carboxylic acids is 1. The number of aryl methyl sites for hydroxylation is 2. The summed E-state index contributed by atoms with van der Waals surface area (Å²) in [5.41, 5.74) is 9.88. The van der Waals surface area contributed by atoms with Crippen molar-refractivity contribution in [3.63, 3.8) is 0 Å². The zero-order chi connectivity index (χ0) is 18.8. The Kier molecular flexibility index (Phi) is 5.09. The summed E-state index contributed by atoms with van der Waals surface area (Å²) in [6.45, 7) is 6.20. The van der Waals surface area contributed by atoms with Crippen LogP contribution in [-0.4, -0.2) is 22.2 Å². The molecule has 3 rings (SSSR count). The Morgan fingerprint density at radius 2 is 1.88 bits per heavy atom. The summed E-state index contributed by atoms with van der Waals surface area (Å²) in [6.07, 6.45) is 0. The van der Waals surface area contributed by atoms with Gasteiger partial charge in [-0.05, 0) is 43.2 Å². The fourth-order valence-corrected chi connectivity index (χ4v) is 3.55. The van der Waals surface area contributed by atoms with Crippen LogP contribution in [-0.2, 0) is 11.8 Å². The Morgan fingerprint density at radius 3 is 2.50 bits per heavy atom. The summed E-state index contributed by atoms with van der Waals surface area (Å²) >= 11 is 0. The van der Waals surface area contributed by atoms with E-state index in [0.717, 1.165) is 27.9 Å². The van der Waals surface area contributed by atoms with Crippen LogP contribution in [0, 0.1) is 13.8 Å². The van der Waals surface area contributed by atoms with E-state index in [9.17, 15) is 4.79 Å². The summed E-state index contributed by atoms with van der Waals surface area (Å²) in [5, 5.41) is 9.84. The number of amides is 1. The van der Waals surface area contributed by atoms with Gasteiger partial charge in [-0.2, -0.15) is 5.10 Å². The van der Waals surface area contributed by atoms with Crippen LogP contribution in [0.25, 0.3) is 10.8 Å². The minimum absolute atomic E-state index is 0.0344. The van der Waals surface area contributed by atoms with Crippen molar-refractivity contribution in [2.75, 3.05) is 6.54 Å². The molecule has 5 nitrogen and oxygen atoms in total. The third kappa shape index (κ3) is 3.35. The van der Waals surface area contributed by atoms with E-state index in [-0.39, 0.29) is 17.9 Å². The molecule has 1 amide bonds. The van der Waals surface area contributed by atoms with Crippen molar-refractivity contribution in [2.24, 2.45) is 12.8 Å². The number of hydrogen-bond acceptors (Lipinski definition) is 3. The molecular formula is C21H26N4O. The number of benzene rings is 2. The Hall–Kier alpha value is -2.66. The predicted molar refractivity (Wildman–Crippen MR) is 105 cm³/mol. The Morgan fingerprint density at radius 1 is 1.19 bits per heavy atom. The van der Waals surface area contributed by atoms with Gasteiger partial charge in [-0.15, -0.1) is 0 Å². The minimum atomic E-state index is -0.279. The molecule has 1 aromatic heterocycles. The predicted octanol–water partition coefficient (Wildman–Crippen LogP) is 3.11. The van der Waals surface area contributed by atoms with Crippen LogP contribution in [0.4, 0.5) is 0 Å². The van der Waals surface area contributed by atoms with Crippen molar-refractivity contribution in [3.8, 4) is 0 Å². The average Bonchev–Trinajstić information content (AvgIpc) is 2.90. The summed E-state index contributed by atoms with van der Waals surface area (Å²) in [7, 11) is 1.90. The molecule has 0 radical (unpaired) electrons. The van der Waals surface area contributed by atoms with Crippen LogP contribution in [0.2, 0.25) is 0 Å². The lowest BCUT2D eigenvalue weighted by atomic mass is 9.96. The standard InChI is InChI=1S/C21H26N4O/c1-13(20-14(2)24-25(4)15(20)3)21(26)23-19(12-22)18-10-9-16-7-5-6-8-17(16)11-18/h5-11,13,19H,12,22H2,1-4H3,(H,23,26). The smallest absolute Gasteiger partial charge is 0.227 e. The van der Waals surface area contributed by atoms with Gasteiger partial charge in [-0.25, -0.2) is 0 Å². The lowest BCUT2D eigenvalue weighted by molar-refractivity contribution is -0.122. The van der Waals surface area contributed by atoms with Crippen molar-refractivity contribution in [2.45, 2.75) is 32.7 Å². The van der Waals surface area contributed by atoms with Gasteiger partial charge < -0.3 is 11.1 Å². The summed E-state index contributed by atoms with van der Waals surface area (Å²) in [4.78, 5) is 12.9. The minimum Gasteiger partial charge on any atom is -0.347 e. The second-order valence-electron chi connectivity index (χ2n) is 6.83. The first kappa shape index (κ1) is 18.1. The Bertz CT molecular complexity index is 944. The Labute approximate surface area is 154 Å². The number of carbonyl (C=O) groups is 1. The molecule has 5 heteroatoms. The highest BCUT2D eigenvalue weighted by Crippen LogP contribution is 2.25. The molecule has 2 unspecified atom stereocenters. The largest absolute Gasteiger partial charge is 0.347 e. The first-order chi connectivity index (χ1) is 12.4. The van der Waals surface area contributed by atoms with Gasteiger partial charge in [0.25, 0.3) is 0 Å². The zero-order valence-electron chi connectivity index (χ0n) is 15.8. The van der Waals surface area contributed by atoms with Crippen molar-refractivity contribution in [3.05, 3.63) is 65.0 Å². The van der Waals surface area contributed by atoms with E-state index in [4.69, 9.17) is 5.73 Å². The Balaban J connectivity index is 1.83. The molecule has 136 valence electrons. The molecule has 0 aliphatic heterocycles. The monoisotopic (exact) mass is 350 g/mol. The molecule has 2 aromatic carbocycles. The maximum Gasteiger partial charge on any atom is 0.227 e. The van der Waals surface area contributed by atoms with Crippen molar-refractivity contribution in [1.29, 1.82) is 0 Å². The van der Waals surface area contributed by atoms with E-state index in [2.05, 4.69) is 34.7 Å². The average molecular weight is 350 g/mol. The quantitative estimate of drug-likeness (QED) is 0.742. The molecule has 0 aliphatic rings. The molecule has 3 N–H and O–H groups in total. The van der Waals surface area contributed by atoms with Gasteiger partial charge in [0.2, 0.25) is 5.91 Å². The van der Waals surface area contributed by atoms with Gasteiger partial charge in [-0.1, -0.05) is 36.4 Å². The molecular weight excluding hydrogens is 324 g/mol. The van der Waals surface area contributed by atoms with Crippen LogP contribution in [0.1, 0.15) is 41.4 Å². The molecule has 1 heterocycles. The highest BCUT2D eigenvalue weighted by atomic mass is 16.1. The SMILES string of the molecule is Cc1nn(C)c(C)c1C(C)C(=O)NC(CN)c1ccc2ccccc2c1. The third-order valence-corrected chi connectivity index (χ3v) is 5.12. The number of nitrogens with one attached hydrogen (secondary N) is 1. The van der Waals surface area contributed by atoms with Crippen molar-refractivity contribution < 1.29 is 4.79 Å². The molecule has 0 bridgehead atoms. The van der Waals surface area contributed by atoms with Crippen molar-refractivity contribution >= 4 is 16.7 Å². The van der Waals surface area contributed by atoms with E-state index >= 15 is 0 Å². The molecule has 0 saturated carbocycles. The van der Waals surface area contributed by atoms with Gasteiger partial charge in [0.05, 0.1) is 17.7 Å². The number of aromatic nitrogens is 2. The van der Waals surface area contributed by atoms with E-state index in [1.807, 2.05) is 50.7 Å². The molecule has 0 spiro atoms. The topological polar surface area (TPSA) is 72.9 Å². The van der Waals surface area contributed by atoms with Gasteiger partial charge in [0.1, 0.15) is 0 Å². The van der Waals surface area contributed by atoms with Crippen molar-refractivity contribution in [1.82, 2.24) is 15.1 Å². The number of nitrogens with zero attached hydrogens (tertiary/aromatic N) is 2. The number of rotatable bonds is 5. The maximum atomic E-state index is 12.9. The number of hydrogen-bond donors (Lipinski definition) is 2. The number of fused-ring (bicyclic) bond motifs is 1. The van der Waals surface area contributed by atoms with Gasteiger partial charge in [0.15, 0.2) is 0 Å². The van der Waals surface area contributed by atoms with Gasteiger partial charge in [0, 0.05) is 24.8 Å². The second-order valence-corrected chi connectivity index (χ2v) is 6.83. The normalized spacial score (nSPS) is 13.6. The van der Waals surface area contributed by atoms with Crippen LogP contribution >= 0.6 is 0 Å². The first-order valence-corrected chi connectivity index (χ1v) is 8.91. The molecule has 0 fully saturated rings. The van der Waals surface area contributed by atoms with Crippen LogP contribution in [0.15, 0.2) is 42.5 Å². The molecule has 2 atom stereocenters. The number of nitrogens with two attached hydrogens (primary N) is 1. The van der Waals surface area contributed by atoms with Crippen LogP contribution in [0.3, 0.4) is 0 Å². The second kappa shape index (κ2) is 7.30. The molecule has 0 aliphatic carbocycles. The highest BCUT2D eigenvalue weighted by molar-refractivity contribution is 5.85. The summed E-state index contributed by atoms with van der Waals surface area (Å²) < 4.78 is 1.82. The van der Waals surface area contributed by atoms with Gasteiger partial charge >= 0.3 is 0 Å². The molecule has 26 heavy (non-hydrogen) atoms. The lowest BCUT2D eigenvalue weighted by Gasteiger charge is -2.21. The van der Waals surface area contributed by atoms with E-state index in [0.29, 0.717) is 6.54 Å². The van der Waals surface area contributed by atoms with E-state index in [1.54, 1.807) is 0 Å². The zero-order valence-corrected chi connectivity index (χ0v) is 15.8.